The van der Waals surface area contributed by atoms with Crippen molar-refractivity contribution in [2.75, 3.05) is 11.4 Å². The van der Waals surface area contributed by atoms with E-state index in [1.165, 1.54) is 7.05 Å². The zero-order valence-electron chi connectivity index (χ0n) is 11.3. The number of hydrogen-bond donors (Lipinski definition) is 1. The molecule has 1 N–H and O–H groups in total. The van der Waals surface area contributed by atoms with E-state index in [4.69, 9.17) is 28.3 Å². The van der Waals surface area contributed by atoms with Gasteiger partial charge in [-0.15, -0.1) is 0 Å². The lowest BCUT2D eigenvalue weighted by Gasteiger charge is -2.20. The van der Waals surface area contributed by atoms with Crippen LogP contribution >= 0.6 is 23.2 Å². The first-order valence-electron chi connectivity index (χ1n) is 6.01. The third kappa shape index (κ3) is 3.04. The van der Waals surface area contributed by atoms with E-state index in [1.54, 1.807) is 30.3 Å². The van der Waals surface area contributed by atoms with Crippen molar-refractivity contribution in [1.29, 1.82) is 0 Å². The van der Waals surface area contributed by atoms with Gasteiger partial charge in [0.2, 0.25) is 0 Å². The minimum Gasteiger partial charge on any atom is -0.478 e. The lowest BCUT2D eigenvalue weighted by molar-refractivity contribution is 0.0697. The number of halogens is 2. The summed E-state index contributed by atoms with van der Waals surface area (Å²) < 4.78 is 26.3. The molecule has 0 heterocycles. The summed E-state index contributed by atoms with van der Waals surface area (Å²) >= 11 is 11.7. The highest BCUT2D eigenvalue weighted by atomic mass is 35.5. The Kier molecular flexibility index (Phi) is 4.65. The van der Waals surface area contributed by atoms with Crippen LogP contribution < -0.4 is 4.31 Å². The highest BCUT2D eigenvalue weighted by Gasteiger charge is 2.26. The van der Waals surface area contributed by atoms with Gasteiger partial charge in [0.1, 0.15) is 4.90 Å². The molecule has 0 aliphatic rings. The Hall–Kier alpha value is -1.76. The maximum absolute atomic E-state index is 12.6. The van der Waals surface area contributed by atoms with Crippen molar-refractivity contribution in [3.63, 3.8) is 0 Å². The summed E-state index contributed by atoms with van der Waals surface area (Å²) in [5, 5.41) is 8.80. The number of para-hydroxylation sites is 1. The Labute approximate surface area is 137 Å². The van der Waals surface area contributed by atoms with E-state index in [0.29, 0.717) is 5.69 Å². The molecule has 22 heavy (non-hydrogen) atoms. The highest BCUT2D eigenvalue weighted by Crippen LogP contribution is 2.31. The van der Waals surface area contributed by atoms with Gasteiger partial charge in [0, 0.05) is 7.05 Å². The highest BCUT2D eigenvalue weighted by molar-refractivity contribution is 7.93. The van der Waals surface area contributed by atoms with Crippen LogP contribution in [0, 0.1) is 0 Å². The number of nitrogens with zero attached hydrogens (tertiary/aromatic N) is 1. The number of carbonyl (C=O) groups is 1. The molecule has 0 amide bonds. The van der Waals surface area contributed by atoms with Crippen LogP contribution in [0.25, 0.3) is 0 Å². The van der Waals surface area contributed by atoms with Crippen LogP contribution in [0.15, 0.2) is 47.4 Å². The molecule has 0 spiro atoms. The third-order valence-corrected chi connectivity index (χ3v) is 5.57. The van der Waals surface area contributed by atoms with Crippen molar-refractivity contribution >= 4 is 44.9 Å². The molecule has 0 bridgehead atoms. The van der Waals surface area contributed by atoms with E-state index in [9.17, 15) is 13.2 Å². The molecule has 0 fully saturated rings. The Morgan fingerprint density at radius 2 is 1.68 bits per heavy atom. The number of aromatic carboxylic acids is 1. The summed E-state index contributed by atoms with van der Waals surface area (Å²) in [6.45, 7) is 0. The SMILES string of the molecule is CN(c1ccccc1)S(=O)(=O)c1cc(C(=O)O)c(Cl)cc1Cl. The Bertz CT molecular complexity index is 822. The lowest BCUT2D eigenvalue weighted by atomic mass is 10.2. The second-order valence-electron chi connectivity index (χ2n) is 4.38. The van der Waals surface area contributed by atoms with Crippen LogP contribution in [0.5, 0.6) is 0 Å². The molecule has 0 unspecified atom stereocenters. The fourth-order valence-corrected chi connectivity index (χ4v) is 3.84. The maximum Gasteiger partial charge on any atom is 0.337 e. The molecule has 0 atom stereocenters. The summed E-state index contributed by atoms with van der Waals surface area (Å²) in [5.41, 5.74) is 0.0940. The van der Waals surface area contributed by atoms with Gasteiger partial charge in [0.15, 0.2) is 0 Å². The number of anilines is 1. The molecule has 8 heteroatoms. The molecule has 0 saturated carbocycles. The predicted molar refractivity (Wildman–Crippen MR) is 85.5 cm³/mol. The molecule has 2 aromatic carbocycles. The molecule has 116 valence electrons. The Morgan fingerprint density at radius 1 is 1.09 bits per heavy atom. The van der Waals surface area contributed by atoms with Crippen molar-refractivity contribution < 1.29 is 18.3 Å². The number of rotatable bonds is 4. The standard InChI is InChI=1S/C14H11Cl2NO4S/c1-17(9-5-3-2-4-6-9)22(20,21)13-7-10(14(18)19)11(15)8-12(13)16/h2-8H,1H3,(H,18,19). The molecule has 0 aromatic heterocycles. The van der Waals surface area contributed by atoms with Crippen molar-refractivity contribution in [3.8, 4) is 0 Å². The van der Waals surface area contributed by atoms with Gasteiger partial charge in [0.25, 0.3) is 10.0 Å². The van der Waals surface area contributed by atoms with Gasteiger partial charge in [-0.2, -0.15) is 0 Å². The molecule has 2 aromatic rings. The average Bonchev–Trinajstić information content (AvgIpc) is 2.46. The van der Waals surface area contributed by atoms with Crippen LogP contribution in [0.4, 0.5) is 5.69 Å². The fraction of sp³-hybridized carbons (Fsp3) is 0.0714. The van der Waals surface area contributed by atoms with E-state index in [-0.39, 0.29) is 20.5 Å². The largest absolute Gasteiger partial charge is 0.478 e. The maximum atomic E-state index is 12.6. The summed E-state index contributed by atoms with van der Waals surface area (Å²) in [6.07, 6.45) is 0. The van der Waals surface area contributed by atoms with Gasteiger partial charge in [-0.05, 0) is 24.3 Å². The van der Waals surface area contributed by atoms with E-state index in [1.807, 2.05) is 0 Å². The van der Waals surface area contributed by atoms with Crippen molar-refractivity contribution in [3.05, 3.63) is 58.1 Å². The van der Waals surface area contributed by atoms with Crippen LogP contribution in [0.1, 0.15) is 10.4 Å². The number of sulfonamides is 1. The molecule has 0 aliphatic heterocycles. The molecule has 0 saturated heterocycles. The number of carboxylic acid groups (broad SMARTS) is 1. The topological polar surface area (TPSA) is 74.7 Å². The quantitative estimate of drug-likeness (QED) is 0.905. The summed E-state index contributed by atoms with van der Waals surface area (Å²) in [7, 11) is -2.66. The Balaban J connectivity index is 2.59. The lowest BCUT2D eigenvalue weighted by Crippen LogP contribution is -2.27. The summed E-state index contributed by atoms with van der Waals surface area (Å²) in [4.78, 5) is 10.8. The molecular formula is C14H11Cl2NO4S. The molecule has 0 aliphatic carbocycles. The van der Waals surface area contributed by atoms with E-state index in [2.05, 4.69) is 0 Å². The van der Waals surface area contributed by atoms with Crippen LogP contribution in [-0.2, 0) is 10.0 Å². The Morgan fingerprint density at radius 3 is 2.23 bits per heavy atom. The van der Waals surface area contributed by atoms with E-state index < -0.39 is 16.0 Å². The normalized spacial score (nSPS) is 11.2. The van der Waals surface area contributed by atoms with E-state index in [0.717, 1.165) is 16.4 Å². The predicted octanol–water partition coefficient (Wildman–Crippen LogP) is 3.52. The minimum absolute atomic E-state index is 0.126. The minimum atomic E-state index is -4.02. The van der Waals surface area contributed by atoms with Gasteiger partial charge in [-0.25, -0.2) is 13.2 Å². The van der Waals surface area contributed by atoms with Crippen molar-refractivity contribution in [2.45, 2.75) is 4.90 Å². The van der Waals surface area contributed by atoms with Crippen molar-refractivity contribution in [2.24, 2.45) is 0 Å². The van der Waals surface area contributed by atoms with Gasteiger partial charge < -0.3 is 5.11 Å². The zero-order chi connectivity index (χ0) is 16.5. The van der Waals surface area contributed by atoms with Gasteiger partial charge >= 0.3 is 5.97 Å². The average molecular weight is 360 g/mol. The van der Waals surface area contributed by atoms with Gasteiger partial charge in [-0.3, -0.25) is 4.31 Å². The molecular weight excluding hydrogens is 349 g/mol. The number of carboxylic acids is 1. The van der Waals surface area contributed by atoms with E-state index >= 15 is 0 Å². The molecule has 5 nitrogen and oxygen atoms in total. The zero-order valence-corrected chi connectivity index (χ0v) is 13.7. The molecule has 0 radical (unpaired) electrons. The monoisotopic (exact) mass is 359 g/mol. The van der Waals surface area contributed by atoms with Crippen molar-refractivity contribution in [1.82, 2.24) is 0 Å². The first kappa shape index (κ1) is 16.6. The molecule has 2 rings (SSSR count). The van der Waals surface area contributed by atoms with Gasteiger partial charge in [0.05, 0.1) is 21.3 Å². The second kappa shape index (κ2) is 6.16. The third-order valence-electron chi connectivity index (χ3n) is 3.01. The van der Waals surface area contributed by atoms with Crippen LogP contribution in [0.2, 0.25) is 10.0 Å². The summed E-state index contributed by atoms with van der Waals surface area (Å²) in [6, 6.07) is 10.4. The number of benzene rings is 2. The fourth-order valence-electron chi connectivity index (χ4n) is 1.81. The first-order valence-corrected chi connectivity index (χ1v) is 8.21. The summed E-state index contributed by atoms with van der Waals surface area (Å²) in [5.74, 6) is -1.33. The first-order chi connectivity index (χ1) is 10.2. The van der Waals surface area contributed by atoms with Crippen LogP contribution in [0.3, 0.4) is 0 Å². The van der Waals surface area contributed by atoms with Gasteiger partial charge in [-0.1, -0.05) is 41.4 Å². The second-order valence-corrected chi connectivity index (χ2v) is 7.13. The smallest absolute Gasteiger partial charge is 0.337 e. The van der Waals surface area contributed by atoms with Crippen LogP contribution in [-0.4, -0.2) is 26.5 Å². The number of hydrogen-bond acceptors (Lipinski definition) is 3.